The quantitative estimate of drug-likeness (QED) is 0.612. The van der Waals surface area contributed by atoms with Crippen LogP contribution in [-0.4, -0.2) is 44.3 Å². The van der Waals surface area contributed by atoms with Gasteiger partial charge in [0.15, 0.2) is 0 Å². The number of nitrogens with one attached hydrogen (secondary N) is 2. The van der Waals surface area contributed by atoms with Crippen molar-refractivity contribution in [3.05, 3.63) is 59.7 Å². The average molecular weight is 444 g/mol. The molecule has 0 spiro atoms. The SMILES string of the molecule is CCCCNC(=O)C1CCCN1C(=O)c1ccc(NS(=O)(=O)c2ccccc2C)cc1. The van der Waals surface area contributed by atoms with Crippen LogP contribution in [0.4, 0.5) is 5.69 Å². The van der Waals surface area contributed by atoms with Crippen LogP contribution in [0.5, 0.6) is 0 Å². The molecule has 1 atom stereocenters. The van der Waals surface area contributed by atoms with Crippen LogP contribution in [0.1, 0.15) is 48.5 Å². The number of carbonyl (C=O) groups excluding carboxylic acids is 2. The summed E-state index contributed by atoms with van der Waals surface area (Å²) >= 11 is 0. The van der Waals surface area contributed by atoms with Crippen LogP contribution >= 0.6 is 0 Å². The molecule has 0 aliphatic carbocycles. The van der Waals surface area contributed by atoms with Gasteiger partial charge in [-0.1, -0.05) is 31.5 Å². The number of amides is 2. The van der Waals surface area contributed by atoms with E-state index in [2.05, 4.69) is 17.0 Å². The Kier molecular flexibility index (Phi) is 7.33. The predicted octanol–water partition coefficient (Wildman–Crippen LogP) is 3.32. The standard InChI is InChI=1S/C23H29N3O4S/c1-3-4-15-24-22(27)20-9-7-16-26(20)23(28)18-11-13-19(14-12-18)25-31(29,30)21-10-6-5-8-17(21)2/h5-6,8,10-14,20,25H,3-4,7,9,15-16H2,1-2H3,(H,24,27). The molecule has 2 N–H and O–H groups in total. The highest BCUT2D eigenvalue weighted by molar-refractivity contribution is 7.92. The third-order valence-electron chi connectivity index (χ3n) is 5.41. The molecule has 0 saturated carbocycles. The highest BCUT2D eigenvalue weighted by Gasteiger charge is 2.34. The second-order valence-electron chi connectivity index (χ2n) is 7.75. The summed E-state index contributed by atoms with van der Waals surface area (Å²) in [6.07, 6.45) is 3.34. The second kappa shape index (κ2) is 9.96. The van der Waals surface area contributed by atoms with E-state index >= 15 is 0 Å². The first kappa shape index (κ1) is 22.8. The molecule has 0 radical (unpaired) electrons. The van der Waals surface area contributed by atoms with E-state index in [0.29, 0.717) is 36.3 Å². The maximum atomic E-state index is 13.0. The van der Waals surface area contributed by atoms with E-state index in [0.717, 1.165) is 19.3 Å². The van der Waals surface area contributed by atoms with Gasteiger partial charge in [-0.25, -0.2) is 8.42 Å². The Morgan fingerprint density at radius 3 is 2.48 bits per heavy atom. The Morgan fingerprint density at radius 2 is 1.81 bits per heavy atom. The molecule has 1 heterocycles. The third-order valence-corrected chi connectivity index (χ3v) is 6.95. The fourth-order valence-electron chi connectivity index (χ4n) is 3.70. The Morgan fingerprint density at radius 1 is 1.10 bits per heavy atom. The van der Waals surface area contributed by atoms with Crippen LogP contribution in [0.15, 0.2) is 53.4 Å². The van der Waals surface area contributed by atoms with Gasteiger partial charge in [-0.2, -0.15) is 0 Å². The van der Waals surface area contributed by atoms with Gasteiger partial charge in [0.25, 0.3) is 15.9 Å². The molecule has 8 heteroatoms. The van der Waals surface area contributed by atoms with Gasteiger partial charge in [-0.3, -0.25) is 14.3 Å². The molecule has 1 aliphatic rings. The molecular formula is C23H29N3O4S. The number of anilines is 1. The maximum absolute atomic E-state index is 13.0. The first-order valence-corrected chi connectivity index (χ1v) is 12.1. The fourth-order valence-corrected chi connectivity index (χ4v) is 5.01. The number of hydrogen-bond acceptors (Lipinski definition) is 4. The van der Waals surface area contributed by atoms with Crippen molar-refractivity contribution in [2.45, 2.75) is 50.5 Å². The largest absolute Gasteiger partial charge is 0.354 e. The Labute approximate surface area is 183 Å². The Bertz CT molecular complexity index is 1040. The molecule has 166 valence electrons. The second-order valence-corrected chi connectivity index (χ2v) is 9.40. The summed E-state index contributed by atoms with van der Waals surface area (Å²) in [5.41, 5.74) is 1.45. The Hall–Kier alpha value is -2.87. The van der Waals surface area contributed by atoms with Gasteiger partial charge in [0.1, 0.15) is 6.04 Å². The lowest BCUT2D eigenvalue weighted by Gasteiger charge is -2.24. The van der Waals surface area contributed by atoms with Crippen LogP contribution in [0.25, 0.3) is 0 Å². The molecule has 1 saturated heterocycles. The van der Waals surface area contributed by atoms with E-state index in [1.807, 2.05) is 0 Å². The van der Waals surface area contributed by atoms with Crippen molar-refractivity contribution in [1.29, 1.82) is 0 Å². The van der Waals surface area contributed by atoms with Crippen LogP contribution in [0.3, 0.4) is 0 Å². The predicted molar refractivity (Wildman–Crippen MR) is 120 cm³/mol. The zero-order valence-electron chi connectivity index (χ0n) is 17.9. The van der Waals surface area contributed by atoms with E-state index in [9.17, 15) is 18.0 Å². The van der Waals surface area contributed by atoms with E-state index in [1.54, 1.807) is 60.4 Å². The van der Waals surface area contributed by atoms with Gasteiger partial charge < -0.3 is 10.2 Å². The zero-order valence-corrected chi connectivity index (χ0v) is 18.7. The van der Waals surface area contributed by atoms with Crippen molar-refractivity contribution in [2.75, 3.05) is 17.8 Å². The van der Waals surface area contributed by atoms with Gasteiger partial charge in [0.2, 0.25) is 5.91 Å². The molecule has 7 nitrogen and oxygen atoms in total. The molecule has 2 aromatic rings. The smallest absolute Gasteiger partial charge is 0.262 e. The molecule has 2 amide bonds. The van der Waals surface area contributed by atoms with Gasteiger partial charge in [0.05, 0.1) is 4.90 Å². The summed E-state index contributed by atoms with van der Waals surface area (Å²) in [7, 11) is -3.72. The molecule has 1 fully saturated rings. The van der Waals surface area contributed by atoms with Crippen LogP contribution in [0.2, 0.25) is 0 Å². The number of rotatable bonds is 8. The maximum Gasteiger partial charge on any atom is 0.262 e. The van der Waals surface area contributed by atoms with Crippen LogP contribution in [-0.2, 0) is 14.8 Å². The van der Waals surface area contributed by atoms with Crippen LogP contribution < -0.4 is 10.0 Å². The van der Waals surface area contributed by atoms with E-state index in [1.165, 1.54) is 0 Å². The highest BCUT2D eigenvalue weighted by Crippen LogP contribution is 2.23. The first-order chi connectivity index (χ1) is 14.8. The number of unbranched alkanes of at least 4 members (excludes halogenated alkanes) is 1. The fraction of sp³-hybridized carbons (Fsp3) is 0.391. The summed E-state index contributed by atoms with van der Waals surface area (Å²) < 4.78 is 27.8. The minimum Gasteiger partial charge on any atom is -0.354 e. The van der Waals surface area contributed by atoms with E-state index in [4.69, 9.17) is 0 Å². The van der Waals surface area contributed by atoms with Gasteiger partial charge in [0, 0.05) is 24.3 Å². The first-order valence-electron chi connectivity index (χ1n) is 10.6. The summed E-state index contributed by atoms with van der Waals surface area (Å²) in [5.74, 6) is -0.330. The number of carbonyl (C=O) groups is 2. The lowest BCUT2D eigenvalue weighted by Crippen LogP contribution is -2.46. The summed E-state index contributed by atoms with van der Waals surface area (Å²) in [6, 6.07) is 12.6. The average Bonchev–Trinajstić information content (AvgIpc) is 3.24. The van der Waals surface area contributed by atoms with Gasteiger partial charge in [-0.05, 0) is 62.1 Å². The van der Waals surface area contributed by atoms with Gasteiger partial charge in [-0.15, -0.1) is 0 Å². The number of hydrogen-bond donors (Lipinski definition) is 2. The molecule has 0 bridgehead atoms. The van der Waals surface area contributed by atoms with Crippen LogP contribution in [0, 0.1) is 6.92 Å². The van der Waals surface area contributed by atoms with Crippen molar-refractivity contribution in [3.63, 3.8) is 0 Å². The summed E-state index contributed by atoms with van der Waals surface area (Å²) in [5, 5.41) is 2.91. The minimum atomic E-state index is -3.72. The number of likely N-dealkylation sites (tertiary alicyclic amines) is 1. The molecule has 3 rings (SSSR count). The molecular weight excluding hydrogens is 414 g/mol. The molecule has 0 aromatic heterocycles. The normalized spacial score (nSPS) is 16.2. The van der Waals surface area contributed by atoms with E-state index < -0.39 is 16.1 Å². The number of benzene rings is 2. The number of sulfonamides is 1. The summed E-state index contributed by atoms with van der Waals surface area (Å²) in [6.45, 7) is 4.94. The van der Waals surface area contributed by atoms with Crippen molar-refractivity contribution in [1.82, 2.24) is 10.2 Å². The molecule has 2 aromatic carbocycles. The Balaban J connectivity index is 1.69. The number of aryl methyl sites for hydroxylation is 1. The summed E-state index contributed by atoms with van der Waals surface area (Å²) in [4.78, 5) is 27.2. The minimum absolute atomic E-state index is 0.109. The lowest BCUT2D eigenvalue weighted by molar-refractivity contribution is -0.124. The molecule has 31 heavy (non-hydrogen) atoms. The highest BCUT2D eigenvalue weighted by atomic mass is 32.2. The van der Waals surface area contributed by atoms with Crippen molar-refractivity contribution < 1.29 is 18.0 Å². The number of nitrogens with zero attached hydrogens (tertiary/aromatic N) is 1. The monoisotopic (exact) mass is 443 g/mol. The van der Waals surface area contributed by atoms with E-state index in [-0.39, 0.29) is 16.7 Å². The third kappa shape index (κ3) is 5.44. The topological polar surface area (TPSA) is 95.6 Å². The molecule has 1 unspecified atom stereocenters. The van der Waals surface area contributed by atoms with Gasteiger partial charge >= 0.3 is 0 Å². The zero-order chi connectivity index (χ0) is 22.4. The van der Waals surface area contributed by atoms with Crippen molar-refractivity contribution in [3.8, 4) is 0 Å². The van der Waals surface area contributed by atoms with Crippen molar-refractivity contribution in [2.24, 2.45) is 0 Å². The molecule has 1 aliphatic heterocycles. The lowest BCUT2D eigenvalue weighted by atomic mass is 10.1. The van der Waals surface area contributed by atoms with Crippen molar-refractivity contribution >= 4 is 27.5 Å².